The number of aryl methyl sites for hydroxylation is 1. The van der Waals surface area contributed by atoms with Crippen LogP contribution in [-0.4, -0.2) is 36.5 Å². The Kier molecular flexibility index (Phi) is 4.79. The van der Waals surface area contributed by atoms with Crippen LogP contribution in [0.5, 0.6) is 0 Å². The van der Waals surface area contributed by atoms with Gasteiger partial charge in [-0.15, -0.1) is 0 Å². The number of hydrogen-bond donors (Lipinski definition) is 1. The third kappa shape index (κ3) is 3.83. The van der Waals surface area contributed by atoms with Gasteiger partial charge in [-0.05, 0) is 50.8 Å². The molecule has 2 fully saturated rings. The summed E-state index contributed by atoms with van der Waals surface area (Å²) < 4.78 is 5.28. The lowest BCUT2D eigenvalue weighted by Gasteiger charge is -2.20. The highest BCUT2D eigenvalue weighted by atomic mass is 16.5. The fraction of sp³-hybridized carbons (Fsp3) is 0.526. The van der Waals surface area contributed by atoms with Gasteiger partial charge in [-0.3, -0.25) is 14.4 Å². The highest BCUT2D eigenvalue weighted by Gasteiger charge is 2.38. The Morgan fingerprint density at radius 2 is 2.00 bits per heavy atom. The highest BCUT2D eigenvalue weighted by molar-refractivity contribution is 6.00. The Balaban J connectivity index is 1.62. The molecular weight excluding hydrogens is 320 g/mol. The van der Waals surface area contributed by atoms with Crippen molar-refractivity contribution in [2.45, 2.75) is 52.2 Å². The number of anilines is 1. The third-order valence-corrected chi connectivity index (χ3v) is 4.91. The molecule has 0 bridgehead atoms. The number of hydrogen-bond acceptors (Lipinski definition) is 4. The number of amides is 2. The van der Waals surface area contributed by atoms with Crippen molar-refractivity contribution in [1.29, 1.82) is 0 Å². The van der Waals surface area contributed by atoms with Gasteiger partial charge in [-0.25, -0.2) is 0 Å². The van der Waals surface area contributed by atoms with E-state index < -0.39 is 18.0 Å². The molecular formula is C19H24N2O4. The number of ether oxygens (including phenoxy) is 1. The Bertz CT molecular complexity index is 711. The van der Waals surface area contributed by atoms with Crippen molar-refractivity contribution in [3.8, 4) is 0 Å². The number of carbonyl (C=O) groups is 3. The van der Waals surface area contributed by atoms with Gasteiger partial charge in [0.1, 0.15) is 0 Å². The molecule has 1 heterocycles. The minimum Gasteiger partial charge on any atom is -0.452 e. The molecule has 0 aromatic heterocycles. The van der Waals surface area contributed by atoms with Gasteiger partial charge in [0, 0.05) is 24.7 Å². The molecule has 3 rings (SSSR count). The number of nitrogens with zero attached hydrogens (tertiary/aromatic N) is 1. The minimum absolute atomic E-state index is 0.0919. The van der Waals surface area contributed by atoms with E-state index in [2.05, 4.69) is 5.32 Å². The molecule has 6 heteroatoms. The zero-order chi connectivity index (χ0) is 18.1. The lowest BCUT2D eigenvalue weighted by atomic mass is 10.1. The Morgan fingerprint density at radius 1 is 1.28 bits per heavy atom. The van der Waals surface area contributed by atoms with Crippen LogP contribution >= 0.6 is 0 Å². The average molecular weight is 344 g/mol. The van der Waals surface area contributed by atoms with E-state index in [9.17, 15) is 14.4 Å². The van der Waals surface area contributed by atoms with E-state index in [0.717, 1.165) is 29.7 Å². The second-order valence-electron chi connectivity index (χ2n) is 6.99. The van der Waals surface area contributed by atoms with E-state index in [1.807, 2.05) is 32.0 Å². The van der Waals surface area contributed by atoms with Crippen molar-refractivity contribution in [3.05, 3.63) is 29.3 Å². The molecule has 1 aliphatic heterocycles. The second kappa shape index (κ2) is 6.86. The SMILES string of the molecule is Cc1cccc(N2C[C@@H](C(=O)O[C@H](C)C(=O)NC3CC3)CC2=O)c1C. The fourth-order valence-electron chi connectivity index (χ4n) is 3.00. The molecule has 1 aromatic rings. The summed E-state index contributed by atoms with van der Waals surface area (Å²) in [6, 6.07) is 6.01. The molecule has 1 N–H and O–H groups in total. The molecule has 0 spiro atoms. The lowest BCUT2D eigenvalue weighted by Crippen LogP contribution is -2.38. The van der Waals surface area contributed by atoms with Crippen LogP contribution in [0.25, 0.3) is 0 Å². The summed E-state index contributed by atoms with van der Waals surface area (Å²) in [6.45, 7) is 5.81. The van der Waals surface area contributed by atoms with Crippen LogP contribution in [0.2, 0.25) is 0 Å². The summed E-state index contributed by atoms with van der Waals surface area (Å²) in [5.41, 5.74) is 2.96. The predicted molar refractivity (Wildman–Crippen MR) is 93.1 cm³/mol. The maximum Gasteiger partial charge on any atom is 0.312 e. The summed E-state index contributed by atoms with van der Waals surface area (Å²) in [6.07, 6.45) is 1.24. The van der Waals surface area contributed by atoms with Gasteiger partial charge in [0.15, 0.2) is 6.10 Å². The van der Waals surface area contributed by atoms with E-state index in [-0.39, 0.29) is 24.3 Å². The molecule has 1 saturated heterocycles. The molecule has 2 amide bonds. The monoisotopic (exact) mass is 344 g/mol. The van der Waals surface area contributed by atoms with Crippen molar-refractivity contribution in [2.75, 3.05) is 11.4 Å². The van der Waals surface area contributed by atoms with Crippen LogP contribution in [-0.2, 0) is 19.1 Å². The normalized spacial score (nSPS) is 21.2. The molecule has 25 heavy (non-hydrogen) atoms. The van der Waals surface area contributed by atoms with Crippen molar-refractivity contribution in [3.63, 3.8) is 0 Å². The Labute approximate surface area is 147 Å². The van der Waals surface area contributed by atoms with E-state index in [1.165, 1.54) is 0 Å². The lowest BCUT2D eigenvalue weighted by molar-refractivity contribution is -0.158. The first-order valence-electron chi connectivity index (χ1n) is 8.74. The number of rotatable bonds is 5. The molecule has 1 aliphatic carbocycles. The van der Waals surface area contributed by atoms with Crippen molar-refractivity contribution in [1.82, 2.24) is 5.32 Å². The summed E-state index contributed by atoms with van der Waals surface area (Å²) in [5.74, 6) is -1.39. The number of carbonyl (C=O) groups excluding carboxylic acids is 3. The summed E-state index contributed by atoms with van der Waals surface area (Å²) in [4.78, 5) is 38.3. The Morgan fingerprint density at radius 3 is 2.68 bits per heavy atom. The first-order chi connectivity index (χ1) is 11.9. The van der Waals surface area contributed by atoms with Crippen molar-refractivity contribution < 1.29 is 19.1 Å². The summed E-state index contributed by atoms with van der Waals surface area (Å²) >= 11 is 0. The van der Waals surface area contributed by atoms with Crippen molar-refractivity contribution >= 4 is 23.5 Å². The second-order valence-corrected chi connectivity index (χ2v) is 6.99. The summed E-state index contributed by atoms with van der Waals surface area (Å²) in [5, 5.41) is 2.81. The topological polar surface area (TPSA) is 75.7 Å². The zero-order valence-corrected chi connectivity index (χ0v) is 14.9. The zero-order valence-electron chi connectivity index (χ0n) is 14.9. The minimum atomic E-state index is -0.835. The number of benzene rings is 1. The maximum atomic E-state index is 12.4. The van der Waals surface area contributed by atoms with Crippen molar-refractivity contribution in [2.24, 2.45) is 5.92 Å². The molecule has 2 aliphatic rings. The van der Waals surface area contributed by atoms with Gasteiger partial charge in [-0.2, -0.15) is 0 Å². The van der Waals surface area contributed by atoms with Gasteiger partial charge in [0.2, 0.25) is 5.91 Å². The molecule has 1 saturated carbocycles. The molecule has 0 radical (unpaired) electrons. The van der Waals surface area contributed by atoms with Gasteiger partial charge >= 0.3 is 5.97 Å². The number of esters is 1. The first kappa shape index (κ1) is 17.5. The van der Waals surface area contributed by atoms with Crippen LogP contribution < -0.4 is 10.2 Å². The predicted octanol–water partition coefficient (Wildman–Crippen LogP) is 1.87. The standard InChI is InChI=1S/C19H24N2O4/c1-11-5-4-6-16(12(11)2)21-10-14(9-17(21)22)19(24)25-13(3)18(23)20-15-7-8-15/h4-6,13-15H,7-10H2,1-3H3,(H,20,23)/t13-,14+/m1/s1. The maximum absolute atomic E-state index is 12.4. The van der Waals surface area contributed by atoms with E-state index >= 15 is 0 Å². The quantitative estimate of drug-likeness (QED) is 0.828. The molecule has 0 unspecified atom stereocenters. The smallest absolute Gasteiger partial charge is 0.312 e. The molecule has 2 atom stereocenters. The largest absolute Gasteiger partial charge is 0.452 e. The third-order valence-electron chi connectivity index (χ3n) is 4.91. The average Bonchev–Trinajstić information content (AvgIpc) is 3.29. The van der Waals surface area contributed by atoms with E-state index in [1.54, 1.807) is 11.8 Å². The van der Waals surface area contributed by atoms with E-state index in [0.29, 0.717) is 6.54 Å². The van der Waals surface area contributed by atoms with Gasteiger partial charge in [-0.1, -0.05) is 12.1 Å². The number of nitrogens with one attached hydrogen (secondary N) is 1. The summed E-state index contributed by atoms with van der Waals surface area (Å²) in [7, 11) is 0. The molecule has 134 valence electrons. The van der Waals surface area contributed by atoms with E-state index in [4.69, 9.17) is 4.74 Å². The van der Waals surface area contributed by atoms with Gasteiger partial charge in [0.25, 0.3) is 5.91 Å². The first-order valence-corrected chi connectivity index (χ1v) is 8.74. The van der Waals surface area contributed by atoms with Crippen LogP contribution in [0, 0.1) is 19.8 Å². The Hall–Kier alpha value is -2.37. The van der Waals surface area contributed by atoms with Crippen LogP contribution in [0.15, 0.2) is 18.2 Å². The van der Waals surface area contributed by atoms with Gasteiger partial charge < -0.3 is 15.0 Å². The van der Waals surface area contributed by atoms with Crippen LogP contribution in [0.3, 0.4) is 0 Å². The fourth-order valence-corrected chi connectivity index (χ4v) is 3.00. The molecule has 6 nitrogen and oxygen atoms in total. The van der Waals surface area contributed by atoms with Crippen LogP contribution in [0.4, 0.5) is 5.69 Å². The highest BCUT2D eigenvalue weighted by Crippen LogP contribution is 2.30. The molecule has 1 aromatic carbocycles. The van der Waals surface area contributed by atoms with Crippen LogP contribution in [0.1, 0.15) is 37.3 Å². The van der Waals surface area contributed by atoms with Gasteiger partial charge in [0.05, 0.1) is 5.92 Å².